The summed E-state index contributed by atoms with van der Waals surface area (Å²) < 4.78 is 2.18. The molecule has 6 nitrogen and oxygen atoms in total. The fourth-order valence-corrected chi connectivity index (χ4v) is 5.39. The maximum atomic E-state index is 12.8. The molecule has 2 aliphatic heterocycles. The van der Waals surface area contributed by atoms with Crippen molar-refractivity contribution in [3.05, 3.63) is 71.1 Å². The summed E-state index contributed by atoms with van der Waals surface area (Å²) in [6, 6.07) is 16.8. The van der Waals surface area contributed by atoms with Crippen LogP contribution in [0.15, 0.2) is 64.2 Å². The highest BCUT2D eigenvalue weighted by molar-refractivity contribution is 8.26. The minimum atomic E-state index is -0.385. The summed E-state index contributed by atoms with van der Waals surface area (Å²) in [7, 11) is 0. The van der Waals surface area contributed by atoms with E-state index < -0.39 is 0 Å². The van der Waals surface area contributed by atoms with Crippen LogP contribution in [-0.4, -0.2) is 31.5 Å². The van der Waals surface area contributed by atoms with Crippen molar-refractivity contribution in [3.63, 3.8) is 0 Å². The Morgan fingerprint density at radius 2 is 1.85 bits per heavy atom. The van der Waals surface area contributed by atoms with Crippen LogP contribution in [0, 0.1) is 19.3 Å². The lowest BCUT2D eigenvalue weighted by atomic mass is 10.1. The summed E-state index contributed by atoms with van der Waals surface area (Å²) in [6.07, 6.45) is 5.96. The summed E-state index contributed by atoms with van der Waals surface area (Å²) in [5.41, 5.74) is 4.31. The minimum absolute atomic E-state index is 0.0866. The van der Waals surface area contributed by atoms with Gasteiger partial charge in [-0.05, 0) is 79.1 Å². The second kappa shape index (κ2) is 9.06. The highest BCUT2D eigenvalue weighted by Gasteiger charge is 2.35. The van der Waals surface area contributed by atoms with Crippen LogP contribution >= 0.6 is 11.8 Å². The molecule has 0 saturated heterocycles. The molecule has 1 N–H and O–H groups in total. The molecule has 7 heteroatoms. The van der Waals surface area contributed by atoms with Gasteiger partial charge in [-0.15, -0.1) is 0 Å². The van der Waals surface area contributed by atoms with Gasteiger partial charge in [0, 0.05) is 17.1 Å². The molecule has 0 spiro atoms. The summed E-state index contributed by atoms with van der Waals surface area (Å²) in [5, 5.41) is 18.5. The molecule has 2 aliphatic rings. The summed E-state index contributed by atoms with van der Waals surface area (Å²) in [4.78, 5) is 17.1. The Hall–Kier alpha value is -3.45. The molecule has 0 aliphatic carbocycles. The van der Waals surface area contributed by atoms with Crippen LogP contribution in [0.2, 0.25) is 0 Å². The minimum Gasteiger partial charge on any atom is -0.318 e. The molecule has 0 unspecified atom stereocenters. The molecule has 1 aromatic heterocycles. The molecule has 0 fully saturated rings. The van der Waals surface area contributed by atoms with Crippen LogP contribution in [0.3, 0.4) is 0 Å². The number of hydrogen-bond acceptors (Lipinski definition) is 4. The lowest BCUT2D eigenvalue weighted by Crippen LogP contribution is -2.35. The van der Waals surface area contributed by atoms with Gasteiger partial charge in [0.1, 0.15) is 5.04 Å². The van der Waals surface area contributed by atoms with Crippen molar-refractivity contribution < 1.29 is 4.79 Å². The molecule has 0 bridgehead atoms. The Bertz CT molecular complexity index is 1410. The number of amidine groups is 2. The van der Waals surface area contributed by atoms with E-state index in [1.165, 1.54) is 27.5 Å². The standard InChI is InChI=1S/C27H27N5OS/c1-4-5-6-11-24-30-32-25(28)23(26(33)29-27(32)34-24)16-21-14-17(2)31(18(21)3)22-13-12-19-9-7-8-10-20(19)15-22/h7-10,12-16,28H,4-6,11H2,1-3H3/b23-16+,28-25?. The zero-order valence-corrected chi connectivity index (χ0v) is 20.4. The van der Waals surface area contributed by atoms with E-state index in [4.69, 9.17) is 5.41 Å². The fourth-order valence-electron chi connectivity index (χ4n) is 4.46. The zero-order valence-electron chi connectivity index (χ0n) is 19.6. The van der Waals surface area contributed by atoms with Gasteiger partial charge in [-0.3, -0.25) is 10.2 Å². The smallest absolute Gasteiger partial charge is 0.283 e. The van der Waals surface area contributed by atoms with Gasteiger partial charge < -0.3 is 4.57 Å². The van der Waals surface area contributed by atoms with E-state index in [9.17, 15) is 4.79 Å². The number of benzene rings is 2. The van der Waals surface area contributed by atoms with E-state index in [-0.39, 0.29) is 17.3 Å². The summed E-state index contributed by atoms with van der Waals surface area (Å²) in [6.45, 7) is 6.26. The van der Waals surface area contributed by atoms with Gasteiger partial charge in [-0.25, -0.2) is 0 Å². The molecule has 2 aromatic carbocycles. The van der Waals surface area contributed by atoms with Gasteiger partial charge in [-0.2, -0.15) is 15.1 Å². The Labute approximate surface area is 203 Å². The maximum absolute atomic E-state index is 12.8. The second-order valence-electron chi connectivity index (χ2n) is 8.66. The number of unbranched alkanes of at least 4 members (excludes halogenated alkanes) is 2. The van der Waals surface area contributed by atoms with E-state index in [2.05, 4.69) is 64.9 Å². The first kappa shape index (κ1) is 22.3. The van der Waals surface area contributed by atoms with Crippen LogP contribution in [-0.2, 0) is 4.79 Å². The molecule has 0 atom stereocenters. The zero-order chi connectivity index (χ0) is 23.8. The van der Waals surface area contributed by atoms with E-state index >= 15 is 0 Å². The van der Waals surface area contributed by atoms with Crippen molar-refractivity contribution in [1.29, 1.82) is 5.41 Å². The number of carbonyl (C=O) groups excluding carboxylic acids is 1. The van der Waals surface area contributed by atoms with E-state index in [1.807, 2.05) is 19.1 Å². The molecular weight excluding hydrogens is 442 g/mol. The predicted octanol–water partition coefficient (Wildman–Crippen LogP) is 6.45. The van der Waals surface area contributed by atoms with Crippen molar-refractivity contribution in [2.24, 2.45) is 10.1 Å². The number of rotatable bonds is 6. The summed E-state index contributed by atoms with van der Waals surface area (Å²) in [5.74, 6) is -0.298. The molecule has 3 aromatic rings. The lowest BCUT2D eigenvalue weighted by Gasteiger charge is -2.20. The number of amides is 1. The quantitative estimate of drug-likeness (QED) is 0.333. The average Bonchev–Trinajstić information content (AvgIpc) is 3.36. The number of hydrogen-bond donors (Lipinski definition) is 1. The van der Waals surface area contributed by atoms with Crippen molar-refractivity contribution >= 4 is 50.6 Å². The molecular formula is C27H27N5OS. The van der Waals surface area contributed by atoms with Gasteiger partial charge >= 0.3 is 0 Å². The van der Waals surface area contributed by atoms with Gasteiger partial charge in [-0.1, -0.05) is 50.1 Å². The average molecular weight is 470 g/mol. The van der Waals surface area contributed by atoms with Gasteiger partial charge in [0.2, 0.25) is 5.17 Å². The van der Waals surface area contributed by atoms with E-state index in [0.29, 0.717) is 5.17 Å². The number of aryl methyl sites for hydroxylation is 1. The van der Waals surface area contributed by atoms with Crippen LogP contribution < -0.4 is 0 Å². The first-order valence-electron chi connectivity index (χ1n) is 11.6. The van der Waals surface area contributed by atoms with Crippen molar-refractivity contribution in [2.45, 2.75) is 46.5 Å². The maximum Gasteiger partial charge on any atom is 0.283 e. The molecule has 34 heavy (non-hydrogen) atoms. The molecule has 172 valence electrons. The first-order chi connectivity index (χ1) is 16.5. The fraction of sp³-hybridized carbons (Fsp3) is 0.259. The number of nitrogens with zero attached hydrogens (tertiary/aromatic N) is 4. The normalized spacial score (nSPS) is 16.9. The first-order valence-corrected chi connectivity index (χ1v) is 12.4. The molecule has 0 saturated carbocycles. The van der Waals surface area contributed by atoms with Gasteiger partial charge in [0.05, 0.1) is 5.57 Å². The largest absolute Gasteiger partial charge is 0.318 e. The molecule has 0 radical (unpaired) electrons. The Morgan fingerprint density at radius 3 is 2.65 bits per heavy atom. The predicted molar refractivity (Wildman–Crippen MR) is 142 cm³/mol. The van der Waals surface area contributed by atoms with E-state index in [1.54, 1.807) is 6.08 Å². The van der Waals surface area contributed by atoms with E-state index in [0.717, 1.165) is 53.4 Å². The SMILES string of the molecule is CCCCCC1=NN2C(=N)/C(=C\c3cc(C)n(-c4ccc5ccccc5c4)c3C)C(=O)N=C2S1. The molecule has 3 heterocycles. The second-order valence-corrected chi connectivity index (χ2v) is 9.70. The highest BCUT2D eigenvalue weighted by Crippen LogP contribution is 2.31. The van der Waals surface area contributed by atoms with Crippen LogP contribution in [0.25, 0.3) is 22.5 Å². The van der Waals surface area contributed by atoms with Crippen molar-refractivity contribution in [1.82, 2.24) is 9.58 Å². The van der Waals surface area contributed by atoms with Crippen LogP contribution in [0.4, 0.5) is 0 Å². The van der Waals surface area contributed by atoms with Crippen molar-refractivity contribution in [2.75, 3.05) is 0 Å². The third-order valence-electron chi connectivity index (χ3n) is 6.25. The molecule has 5 rings (SSSR count). The topological polar surface area (TPSA) is 73.8 Å². The number of aromatic nitrogens is 1. The number of carbonyl (C=O) groups is 1. The van der Waals surface area contributed by atoms with Crippen molar-refractivity contribution in [3.8, 4) is 5.69 Å². The van der Waals surface area contributed by atoms with Crippen LogP contribution in [0.1, 0.15) is 49.6 Å². The number of thioether (sulfide) groups is 1. The molecule has 1 amide bonds. The Kier molecular flexibility index (Phi) is 5.96. The monoisotopic (exact) mass is 469 g/mol. The number of fused-ring (bicyclic) bond motifs is 2. The highest BCUT2D eigenvalue weighted by atomic mass is 32.2. The van der Waals surface area contributed by atoms with Crippen LogP contribution in [0.5, 0.6) is 0 Å². The Balaban J connectivity index is 1.47. The number of aliphatic imine (C=N–C) groups is 1. The number of hydrazone groups is 1. The summed E-state index contributed by atoms with van der Waals surface area (Å²) >= 11 is 1.40. The Morgan fingerprint density at radius 1 is 1.06 bits per heavy atom. The third kappa shape index (κ3) is 4.01. The number of nitrogens with one attached hydrogen (secondary N) is 1. The van der Waals surface area contributed by atoms with Gasteiger partial charge in [0.25, 0.3) is 5.91 Å². The third-order valence-corrected chi connectivity index (χ3v) is 7.22. The van der Waals surface area contributed by atoms with Gasteiger partial charge in [0.15, 0.2) is 5.84 Å². The lowest BCUT2D eigenvalue weighted by molar-refractivity contribution is -0.114.